The molecule has 0 amide bonds. The highest BCUT2D eigenvalue weighted by Crippen LogP contribution is 1.80. The van der Waals surface area contributed by atoms with Gasteiger partial charge < -0.3 is 14.7 Å². The van der Waals surface area contributed by atoms with Crippen molar-refractivity contribution in [1.82, 2.24) is 4.98 Å². The van der Waals surface area contributed by atoms with Gasteiger partial charge in [-0.15, -0.1) is 0 Å². The van der Waals surface area contributed by atoms with Crippen LogP contribution in [0.4, 0.5) is 0 Å². The summed E-state index contributed by atoms with van der Waals surface area (Å²) >= 11 is 0. The number of aromatic amines is 1. The Labute approximate surface area is 53.8 Å². The Kier molecular flexibility index (Phi) is 1.92. The van der Waals surface area contributed by atoms with E-state index in [0.717, 1.165) is 0 Å². The second-order valence-corrected chi connectivity index (χ2v) is 1.71. The smallest absolute Gasteiger partial charge is 0.422 e. The van der Waals surface area contributed by atoms with Crippen molar-refractivity contribution in [2.45, 2.75) is 0 Å². The zero-order chi connectivity index (χ0) is 6.69. The summed E-state index contributed by atoms with van der Waals surface area (Å²) in [4.78, 5) is 2.81. The Hall–Kier alpha value is -0.735. The van der Waals surface area contributed by atoms with Crippen molar-refractivity contribution < 1.29 is 9.68 Å². The lowest BCUT2D eigenvalue weighted by atomic mass is 9.86. The molecule has 0 saturated carbocycles. The summed E-state index contributed by atoms with van der Waals surface area (Å²) in [6.45, 7) is 0. The maximum absolute atomic E-state index is 8.96. The van der Waals surface area contributed by atoms with Crippen LogP contribution in [-0.2, 0) is 4.65 Å². The van der Waals surface area contributed by atoms with Crippen LogP contribution in [0.3, 0.4) is 0 Å². The van der Waals surface area contributed by atoms with Crippen LogP contribution in [-0.4, -0.2) is 24.2 Å². The van der Waals surface area contributed by atoms with Crippen molar-refractivity contribution in [2.24, 2.45) is 0 Å². The molecule has 0 aliphatic rings. The number of hydrogen-bond acceptors (Lipinski definition) is 2. The summed E-state index contributed by atoms with van der Waals surface area (Å²) in [6.07, 6.45) is 1.73. The van der Waals surface area contributed by atoms with E-state index in [2.05, 4.69) is 9.64 Å². The van der Waals surface area contributed by atoms with Gasteiger partial charge in [0.05, 0.1) is 0 Å². The molecule has 3 nitrogen and oxygen atoms in total. The summed E-state index contributed by atoms with van der Waals surface area (Å²) in [5, 5.41) is 8.96. The fourth-order valence-corrected chi connectivity index (χ4v) is 0.625. The average molecular weight is 125 g/mol. The molecule has 0 saturated heterocycles. The minimum Gasteiger partial charge on any atom is -0.422 e. The molecule has 9 heavy (non-hydrogen) atoms. The van der Waals surface area contributed by atoms with E-state index in [4.69, 9.17) is 5.02 Å². The first-order valence-corrected chi connectivity index (χ1v) is 2.68. The first-order valence-electron chi connectivity index (χ1n) is 2.68. The lowest BCUT2D eigenvalue weighted by Crippen LogP contribution is -2.32. The van der Waals surface area contributed by atoms with Gasteiger partial charge in [-0.25, -0.2) is 0 Å². The van der Waals surface area contributed by atoms with Gasteiger partial charge in [-0.2, -0.15) is 0 Å². The van der Waals surface area contributed by atoms with Crippen LogP contribution in [0.2, 0.25) is 0 Å². The Bertz CT molecular complexity index is 163. The minimum absolute atomic E-state index is 0.678. The van der Waals surface area contributed by atoms with Gasteiger partial charge >= 0.3 is 7.12 Å². The Morgan fingerprint density at radius 1 is 1.78 bits per heavy atom. The molecule has 0 aliphatic carbocycles. The quantitative estimate of drug-likeness (QED) is 0.515. The van der Waals surface area contributed by atoms with Gasteiger partial charge in [0.25, 0.3) is 0 Å². The molecule has 0 fully saturated rings. The van der Waals surface area contributed by atoms with Gasteiger partial charge in [0.15, 0.2) is 0 Å². The van der Waals surface area contributed by atoms with Gasteiger partial charge in [0.1, 0.15) is 0 Å². The largest absolute Gasteiger partial charge is 0.508 e. The van der Waals surface area contributed by atoms with E-state index in [1.807, 2.05) is 0 Å². The number of aromatic nitrogens is 1. The summed E-state index contributed by atoms with van der Waals surface area (Å²) in [7, 11) is 0.630. The van der Waals surface area contributed by atoms with Gasteiger partial charge in [-0.1, -0.05) is 0 Å². The number of rotatable bonds is 2. The Morgan fingerprint density at radius 3 is 3.00 bits per heavy atom. The molecule has 2 N–H and O–H groups in total. The molecule has 1 heterocycles. The SMILES string of the molecule is COB(O)c1ccc[nH]1. The van der Waals surface area contributed by atoms with Crippen LogP contribution < -0.4 is 5.59 Å². The lowest BCUT2D eigenvalue weighted by molar-refractivity contribution is 0.340. The Balaban J connectivity index is 2.65. The molecule has 0 bridgehead atoms. The summed E-state index contributed by atoms with van der Waals surface area (Å²) in [6, 6.07) is 3.56. The molecular weight excluding hydrogens is 117 g/mol. The van der Waals surface area contributed by atoms with Crippen LogP contribution >= 0.6 is 0 Å². The number of H-pyrrole nitrogens is 1. The standard InChI is InChI=1S/C5H8BNO2/c1-9-6(8)5-3-2-4-7-5/h2-4,7-8H,1H3. The summed E-state index contributed by atoms with van der Waals surface area (Å²) in [5.74, 6) is 0. The van der Waals surface area contributed by atoms with Gasteiger partial charge in [-0.05, 0) is 12.1 Å². The van der Waals surface area contributed by atoms with Gasteiger partial charge in [-0.3, -0.25) is 0 Å². The molecule has 0 atom stereocenters. The van der Waals surface area contributed by atoms with E-state index in [1.165, 1.54) is 7.11 Å². The summed E-state index contributed by atoms with van der Waals surface area (Å²) < 4.78 is 4.62. The van der Waals surface area contributed by atoms with Crippen LogP contribution in [0.15, 0.2) is 18.3 Å². The lowest BCUT2D eigenvalue weighted by Gasteiger charge is -1.97. The molecule has 1 rings (SSSR count). The third kappa shape index (κ3) is 1.34. The highest BCUT2D eigenvalue weighted by molar-refractivity contribution is 6.58. The topological polar surface area (TPSA) is 45.2 Å². The normalized spacial score (nSPS) is 9.56. The molecule has 0 spiro atoms. The first-order chi connectivity index (χ1) is 4.34. The van der Waals surface area contributed by atoms with E-state index in [9.17, 15) is 0 Å². The van der Waals surface area contributed by atoms with E-state index >= 15 is 0 Å². The van der Waals surface area contributed by atoms with E-state index in [0.29, 0.717) is 5.59 Å². The molecule has 0 radical (unpaired) electrons. The fraction of sp³-hybridized carbons (Fsp3) is 0.200. The van der Waals surface area contributed by atoms with E-state index < -0.39 is 7.12 Å². The molecule has 1 aromatic rings. The molecule has 1 aromatic heterocycles. The first kappa shape index (κ1) is 6.39. The average Bonchev–Trinajstić information content (AvgIpc) is 2.37. The minimum atomic E-state index is -0.819. The summed E-state index contributed by atoms with van der Waals surface area (Å²) in [5.41, 5.74) is 0.678. The van der Waals surface area contributed by atoms with Gasteiger partial charge in [0, 0.05) is 18.9 Å². The second-order valence-electron chi connectivity index (χ2n) is 1.71. The fourth-order valence-electron chi connectivity index (χ4n) is 0.625. The zero-order valence-electron chi connectivity index (χ0n) is 5.16. The maximum Gasteiger partial charge on any atom is 0.508 e. The third-order valence-electron chi connectivity index (χ3n) is 1.11. The predicted molar refractivity (Wildman–Crippen MR) is 35.4 cm³/mol. The maximum atomic E-state index is 8.96. The van der Waals surface area contributed by atoms with Crippen molar-refractivity contribution in [3.05, 3.63) is 18.3 Å². The number of nitrogens with one attached hydrogen (secondary N) is 1. The highest BCUT2D eigenvalue weighted by atomic mass is 16.5. The van der Waals surface area contributed by atoms with Crippen LogP contribution in [0.5, 0.6) is 0 Å². The van der Waals surface area contributed by atoms with Crippen molar-refractivity contribution in [3.63, 3.8) is 0 Å². The second kappa shape index (κ2) is 2.71. The van der Waals surface area contributed by atoms with Crippen LogP contribution in [0.1, 0.15) is 0 Å². The molecular formula is C5H8BNO2. The van der Waals surface area contributed by atoms with Gasteiger partial charge in [0.2, 0.25) is 0 Å². The molecule has 0 unspecified atom stereocenters. The Morgan fingerprint density at radius 2 is 2.56 bits per heavy atom. The molecule has 0 aliphatic heterocycles. The molecule has 48 valence electrons. The van der Waals surface area contributed by atoms with Crippen molar-refractivity contribution in [2.75, 3.05) is 7.11 Å². The number of hydrogen-bond donors (Lipinski definition) is 2. The van der Waals surface area contributed by atoms with Crippen molar-refractivity contribution in [3.8, 4) is 0 Å². The molecule has 4 heteroatoms. The van der Waals surface area contributed by atoms with Crippen molar-refractivity contribution in [1.29, 1.82) is 0 Å². The van der Waals surface area contributed by atoms with E-state index in [1.54, 1.807) is 18.3 Å². The zero-order valence-corrected chi connectivity index (χ0v) is 5.16. The van der Waals surface area contributed by atoms with E-state index in [-0.39, 0.29) is 0 Å². The predicted octanol–water partition coefficient (Wildman–Crippen LogP) is -0.651. The monoisotopic (exact) mass is 125 g/mol. The molecule has 0 aromatic carbocycles. The van der Waals surface area contributed by atoms with Crippen LogP contribution in [0.25, 0.3) is 0 Å². The van der Waals surface area contributed by atoms with Crippen molar-refractivity contribution >= 4 is 12.7 Å². The van der Waals surface area contributed by atoms with Crippen LogP contribution in [0, 0.1) is 0 Å². The third-order valence-corrected chi connectivity index (χ3v) is 1.11. The highest BCUT2D eigenvalue weighted by Gasteiger charge is 2.13.